The molecule has 0 aliphatic rings. The van der Waals surface area contributed by atoms with Crippen LogP contribution < -0.4 is 4.72 Å². The third kappa shape index (κ3) is 3.00. The van der Waals surface area contributed by atoms with Gasteiger partial charge < -0.3 is 0 Å². The summed E-state index contributed by atoms with van der Waals surface area (Å²) in [6.07, 6.45) is 0. The first-order chi connectivity index (χ1) is 8.79. The summed E-state index contributed by atoms with van der Waals surface area (Å²) < 4.78 is 25.6. The van der Waals surface area contributed by atoms with E-state index in [2.05, 4.69) is 14.9 Å². The molecule has 8 nitrogen and oxygen atoms in total. The van der Waals surface area contributed by atoms with Crippen LogP contribution in [0, 0.1) is 17.0 Å². The lowest BCUT2D eigenvalue weighted by Crippen LogP contribution is -2.11. The number of hydrogen-bond acceptors (Lipinski definition) is 8. The van der Waals surface area contributed by atoms with E-state index >= 15 is 0 Å². The third-order valence-electron chi connectivity index (χ3n) is 1.86. The molecule has 2 aromatic rings. The fraction of sp³-hybridized carbons (Fsp3) is 0.143. The number of aromatic nitrogens is 2. The third-order valence-corrected chi connectivity index (χ3v) is 5.89. The molecule has 12 heteroatoms. The van der Waals surface area contributed by atoms with Crippen LogP contribution in [0.25, 0.3) is 0 Å². The van der Waals surface area contributed by atoms with Crippen molar-refractivity contribution >= 4 is 55.1 Å². The Labute approximate surface area is 120 Å². The molecule has 0 radical (unpaired) electrons. The maximum atomic E-state index is 12.0. The minimum absolute atomic E-state index is 0.0877. The molecule has 2 aromatic heterocycles. The van der Waals surface area contributed by atoms with Crippen molar-refractivity contribution in [1.82, 2.24) is 10.2 Å². The second kappa shape index (κ2) is 5.00. The number of anilines is 1. The van der Waals surface area contributed by atoms with Crippen LogP contribution in [0.5, 0.6) is 0 Å². The number of halogens is 1. The highest BCUT2D eigenvalue weighted by molar-refractivity contribution is 7.95. The summed E-state index contributed by atoms with van der Waals surface area (Å²) in [5.74, 6) is 0. The maximum absolute atomic E-state index is 12.0. The number of hydrogen-bond donors (Lipinski definition) is 1. The van der Waals surface area contributed by atoms with Gasteiger partial charge in [-0.1, -0.05) is 22.9 Å². The molecule has 2 rings (SSSR count). The van der Waals surface area contributed by atoms with Crippen LogP contribution in [0.15, 0.2) is 10.3 Å². The Morgan fingerprint density at radius 3 is 2.58 bits per heavy atom. The highest BCUT2D eigenvalue weighted by Gasteiger charge is 2.26. The molecule has 0 atom stereocenters. The zero-order chi connectivity index (χ0) is 14.2. The molecule has 0 unspecified atom stereocenters. The van der Waals surface area contributed by atoms with Gasteiger partial charge in [0.25, 0.3) is 15.7 Å². The van der Waals surface area contributed by atoms with Crippen molar-refractivity contribution in [2.45, 2.75) is 11.1 Å². The smallest absolute Gasteiger partial charge is 0.258 e. The van der Waals surface area contributed by atoms with E-state index in [4.69, 9.17) is 11.6 Å². The lowest BCUT2D eigenvalue weighted by atomic mass is 10.6. The predicted octanol–water partition coefficient (Wildman–Crippen LogP) is 2.27. The number of nitrogens with one attached hydrogen (secondary N) is 1. The molecular weight excluding hydrogens is 336 g/mol. The molecule has 0 aliphatic heterocycles. The van der Waals surface area contributed by atoms with Crippen LogP contribution in [0.3, 0.4) is 0 Å². The van der Waals surface area contributed by atoms with Gasteiger partial charge in [-0.05, 0) is 6.92 Å². The van der Waals surface area contributed by atoms with E-state index in [0.717, 1.165) is 17.4 Å². The standard InChI is InChI=1S/C7H5ClN4O4S3/c1-3-9-10-7(17-3)11-19(15,16)5-2-4(12(13)14)6(8)18-5/h2H,1H3,(H,10,11). The number of rotatable bonds is 4. The Kier molecular flexibility index (Phi) is 3.71. The molecular formula is C7H5ClN4O4S3. The van der Waals surface area contributed by atoms with Crippen LogP contribution in [0.2, 0.25) is 4.34 Å². The molecule has 0 fully saturated rings. The van der Waals surface area contributed by atoms with Crippen molar-refractivity contribution < 1.29 is 13.3 Å². The minimum Gasteiger partial charge on any atom is -0.258 e. The lowest BCUT2D eigenvalue weighted by molar-refractivity contribution is -0.384. The highest BCUT2D eigenvalue weighted by atomic mass is 35.5. The second-order valence-electron chi connectivity index (χ2n) is 3.21. The van der Waals surface area contributed by atoms with Gasteiger partial charge in [0, 0.05) is 6.07 Å². The van der Waals surface area contributed by atoms with Gasteiger partial charge in [-0.25, -0.2) is 8.42 Å². The quantitative estimate of drug-likeness (QED) is 0.674. The Balaban J connectivity index is 2.34. The van der Waals surface area contributed by atoms with E-state index in [-0.39, 0.29) is 13.7 Å². The van der Waals surface area contributed by atoms with Crippen LogP contribution >= 0.6 is 34.3 Å². The monoisotopic (exact) mass is 340 g/mol. The largest absolute Gasteiger partial charge is 0.300 e. The number of nitro groups is 1. The molecule has 0 aliphatic carbocycles. The van der Waals surface area contributed by atoms with Crippen molar-refractivity contribution in [3.63, 3.8) is 0 Å². The second-order valence-corrected chi connectivity index (χ2v) is 7.96. The Bertz CT molecular complexity index is 737. The number of thiophene rings is 1. The van der Waals surface area contributed by atoms with Crippen LogP contribution in [-0.4, -0.2) is 23.5 Å². The lowest BCUT2D eigenvalue weighted by Gasteiger charge is -1.99. The van der Waals surface area contributed by atoms with Crippen molar-refractivity contribution in [3.8, 4) is 0 Å². The van der Waals surface area contributed by atoms with Gasteiger partial charge in [-0.3, -0.25) is 14.8 Å². The van der Waals surface area contributed by atoms with Gasteiger partial charge in [0.05, 0.1) is 4.92 Å². The first-order valence-corrected chi connectivity index (χ1v) is 8.05. The van der Waals surface area contributed by atoms with E-state index in [1.54, 1.807) is 6.92 Å². The molecule has 2 heterocycles. The number of nitrogens with zero attached hydrogens (tertiary/aromatic N) is 3. The summed E-state index contributed by atoms with van der Waals surface area (Å²) >= 11 is 7.27. The zero-order valence-corrected chi connectivity index (χ0v) is 12.4. The number of aryl methyl sites for hydroxylation is 1. The van der Waals surface area contributed by atoms with Gasteiger partial charge in [0.1, 0.15) is 9.22 Å². The van der Waals surface area contributed by atoms with E-state index in [0.29, 0.717) is 16.3 Å². The van der Waals surface area contributed by atoms with E-state index < -0.39 is 20.6 Å². The predicted molar refractivity (Wildman–Crippen MR) is 71.4 cm³/mol. The van der Waals surface area contributed by atoms with Crippen LogP contribution in [-0.2, 0) is 10.0 Å². The Hall–Kier alpha value is -1.30. The van der Waals surface area contributed by atoms with Crippen LogP contribution in [0.1, 0.15) is 5.01 Å². The van der Waals surface area contributed by atoms with Gasteiger partial charge in [-0.2, -0.15) is 0 Å². The Morgan fingerprint density at radius 2 is 2.11 bits per heavy atom. The highest BCUT2D eigenvalue weighted by Crippen LogP contribution is 2.36. The molecule has 102 valence electrons. The summed E-state index contributed by atoms with van der Waals surface area (Å²) in [5, 5.41) is 18.6. The van der Waals surface area contributed by atoms with E-state index in [1.165, 1.54) is 0 Å². The van der Waals surface area contributed by atoms with Gasteiger partial charge >= 0.3 is 0 Å². The fourth-order valence-corrected chi connectivity index (χ4v) is 4.58. The summed E-state index contributed by atoms with van der Waals surface area (Å²) in [4.78, 5) is 9.87. The van der Waals surface area contributed by atoms with Crippen molar-refractivity contribution in [2.24, 2.45) is 0 Å². The average Bonchev–Trinajstić information content (AvgIpc) is 2.84. The molecule has 0 spiro atoms. The fourth-order valence-electron chi connectivity index (χ4n) is 1.10. The zero-order valence-electron chi connectivity index (χ0n) is 9.15. The van der Waals surface area contributed by atoms with Crippen LogP contribution in [0.4, 0.5) is 10.8 Å². The van der Waals surface area contributed by atoms with E-state index in [9.17, 15) is 18.5 Å². The van der Waals surface area contributed by atoms with Gasteiger partial charge in [0.15, 0.2) is 4.34 Å². The topological polar surface area (TPSA) is 115 Å². The molecule has 0 saturated heterocycles. The summed E-state index contributed by atoms with van der Waals surface area (Å²) in [6, 6.07) is 0.906. The van der Waals surface area contributed by atoms with Crippen molar-refractivity contribution in [1.29, 1.82) is 0 Å². The van der Waals surface area contributed by atoms with E-state index in [1.807, 2.05) is 0 Å². The summed E-state index contributed by atoms with van der Waals surface area (Å²) in [6.45, 7) is 1.67. The molecule has 0 amide bonds. The van der Waals surface area contributed by atoms with Crippen molar-refractivity contribution in [2.75, 3.05) is 4.72 Å². The van der Waals surface area contributed by atoms with Crippen molar-refractivity contribution in [3.05, 3.63) is 25.5 Å². The molecule has 0 saturated carbocycles. The summed E-state index contributed by atoms with van der Waals surface area (Å²) in [7, 11) is -3.95. The first kappa shape index (κ1) is 14.1. The normalized spacial score (nSPS) is 11.5. The Morgan fingerprint density at radius 1 is 1.42 bits per heavy atom. The number of sulfonamides is 1. The first-order valence-electron chi connectivity index (χ1n) is 4.56. The molecule has 1 N–H and O–H groups in total. The van der Waals surface area contributed by atoms with Gasteiger partial charge in [0.2, 0.25) is 5.13 Å². The molecule has 19 heavy (non-hydrogen) atoms. The summed E-state index contributed by atoms with van der Waals surface area (Å²) in [5.41, 5.74) is -0.444. The SMILES string of the molecule is Cc1nnc(NS(=O)(=O)c2cc([N+](=O)[O-])c(Cl)s2)s1. The molecule has 0 aromatic carbocycles. The minimum atomic E-state index is -3.95. The molecule has 0 bridgehead atoms. The average molecular weight is 341 g/mol. The van der Waals surface area contributed by atoms with Gasteiger partial charge in [-0.15, -0.1) is 21.5 Å². The maximum Gasteiger partial charge on any atom is 0.300 e.